The third-order valence-electron chi connectivity index (χ3n) is 1.32. The first-order valence-corrected chi connectivity index (χ1v) is 2.92. The Labute approximate surface area is 78.1 Å². The van der Waals surface area contributed by atoms with Crippen LogP contribution in [0.2, 0.25) is 0 Å². The van der Waals surface area contributed by atoms with Crippen molar-refractivity contribution in [1.82, 2.24) is 0 Å². The second kappa shape index (κ2) is 3.75. The smallest absolute Gasteiger partial charge is 0.272 e. The molecule has 2 nitrogen and oxygen atoms in total. The molecule has 0 atom stereocenters. The van der Waals surface area contributed by atoms with Gasteiger partial charge in [0, 0.05) is 6.07 Å². The number of hydrogen-bond acceptors (Lipinski definition) is 1. The largest absolute Gasteiger partial charge is 1.00 e. The topological polar surface area (TPSA) is 29.9 Å². The molecule has 0 fully saturated rings. The van der Waals surface area contributed by atoms with Crippen LogP contribution in [0.25, 0.3) is 0 Å². The van der Waals surface area contributed by atoms with Crippen LogP contribution >= 0.6 is 0 Å². The van der Waals surface area contributed by atoms with Crippen LogP contribution < -0.4 is 34.3 Å². The second-order valence-corrected chi connectivity index (χ2v) is 2.24. The number of nitrogens with zero attached hydrogens (tertiary/aromatic N) is 1. The normalized spacial score (nSPS) is 8.60. The predicted octanol–water partition coefficient (Wildman–Crippen LogP) is -2.59. The molecule has 56 valence electrons. The van der Waals surface area contributed by atoms with Crippen molar-refractivity contribution in [3.8, 4) is 0 Å². The standard InChI is InChI=1S/C7H10N2.HI/c1-6-3-4-7(8)9(2)5-6;/h3-5,8H,1-2H3;1H. The molecule has 0 amide bonds. The molecule has 0 radical (unpaired) electrons. The first-order valence-electron chi connectivity index (χ1n) is 2.92. The van der Waals surface area contributed by atoms with Gasteiger partial charge >= 0.3 is 0 Å². The highest BCUT2D eigenvalue weighted by Crippen LogP contribution is 1.94. The van der Waals surface area contributed by atoms with E-state index in [4.69, 9.17) is 5.73 Å². The molecule has 0 saturated carbocycles. The highest BCUT2D eigenvalue weighted by Gasteiger charge is 1.95. The van der Waals surface area contributed by atoms with Gasteiger partial charge in [0.15, 0.2) is 0 Å². The van der Waals surface area contributed by atoms with Crippen LogP contribution in [0.3, 0.4) is 0 Å². The zero-order valence-corrected chi connectivity index (χ0v) is 8.29. The van der Waals surface area contributed by atoms with Crippen molar-refractivity contribution in [2.24, 2.45) is 7.05 Å². The first-order chi connectivity index (χ1) is 4.20. The van der Waals surface area contributed by atoms with E-state index in [2.05, 4.69) is 0 Å². The van der Waals surface area contributed by atoms with Gasteiger partial charge in [-0.25, -0.2) is 4.57 Å². The SMILES string of the molecule is Cc1ccc(N)[n+](C)c1.[I-]. The van der Waals surface area contributed by atoms with E-state index < -0.39 is 0 Å². The number of rotatable bonds is 0. The van der Waals surface area contributed by atoms with Gasteiger partial charge in [-0.1, -0.05) is 0 Å². The van der Waals surface area contributed by atoms with E-state index in [1.807, 2.05) is 36.9 Å². The third-order valence-corrected chi connectivity index (χ3v) is 1.32. The van der Waals surface area contributed by atoms with Crippen LogP contribution in [0.1, 0.15) is 5.56 Å². The summed E-state index contributed by atoms with van der Waals surface area (Å²) in [6.07, 6.45) is 2.00. The van der Waals surface area contributed by atoms with Crippen molar-refractivity contribution in [3.63, 3.8) is 0 Å². The van der Waals surface area contributed by atoms with E-state index >= 15 is 0 Å². The fourth-order valence-electron chi connectivity index (χ4n) is 0.757. The second-order valence-electron chi connectivity index (χ2n) is 2.24. The molecule has 0 bridgehead atoms. The van der Waals surface area contributed by atoms with Crippen molar-refractivity contribution >= 4 is 5.82 Å². The number of halogens is 1. The molecule has 10 heavy (non-hydrogen) atoms. The van der Waals surface area contributed by atoms with Crippen LogP contribution in [-0.4, -0.2) is 0 Å². The Morgan fingerprint density at radius 2 is 2.00 bits per heavy atom. The molecule has 0 aliphatic rings. The number of aryl methyl sites for hydroxylation is 2. The number of anilines is 1. The van der Waals surface area contributed by atoms with Crippen LogP contribution in [0.15, 0.2) is 18.3 Å². The maximum Gasteiger partial charge on any atom is 0.272 e. The number of nitrogen functional groups attached to an aromatic ring is 1. The molecular formula is C7H11IN2. The van der Waals surface area contributed by atoms with Gasteiger partial charge in [0.25, 0.3) is 5.82 Å². The first kappa shape index (κ1) is 9.68. The fraction of sp³-hybridized carbons (Fsp3) is 0.286. The van der Waals surface area contributed by atoms with E-state index in [0.29, 0.717) is 0 Å². The molecule has 1 aromatic heterocycles. The summed E-state index contributed by atoms with van der Waals surface area (Å²) >= 11 is 0. The summed E-state index contributed by atoms with van der Waals surface area (Å²) in [4.78, 5) is 0. The van der Waals surface area contributed by atoms with Crippen molar-refractivity contribution in [3.05, 3.63) is 23.9 Å². The van der Waals surface area contributed by atoms with Crippen LogP contribution in [-0.2, 0) is 7.05 Å². The van der Waals surface area contributed by atoms with Crippen molar-refractivity contribution in [1.29, 1.82) is 0 Å². The van der Waals surface area contributed by atoms with Gasteiger partial charge in [-0.15, -0.1) is 0 Å². The Morgan fingerprint density at radius 1 is 1.40 bits per heavy atom. The zero-order chi connectivity index (χ0) is 6.85. The summed E-state index contributed by atoms with van der Waals surface area (Å²) in [5, 5.41) is 0. The summed E-state index contributed by atoms with van der Waals surface area (Å²) in [5.74, 6) is 0.792. The lowest BCUT2D eigenvalue weighted by Crippen LogP contribution is -3.00. The van der Waals surface area contributed by atoms with Crippen molar-refractivity contribution < 1.29 is 28.5 Å². The minimum Gasteiger partial charge on any atom is -1.00 e. The maximum atomic E-state index is 5.55. The van der Waals surface area contributed by atoms with Gasteiger partial charge < -0.3 is 24.0 Å². The Bertz CT molecular complexity index is 223. The van der Waals surface area contributed by atoms with Crippen LogP contribution in [0.4, 0.5) is 5.82 Å². The van der Waals surface area contributed by atoms with Gasteiger partial charge in [-0.3, -0.25) is 5.73 Å². The fourth-order valence-corrected chi connectivity index (χ4v) is 0.757. The molecule has 1 heterocycles. The van der Waals surface area contributed by atoms with E-state index in [1.54, 1.807) is 0 Å². The molecule has 0 spiro atoms. The number of aromatic nitrogens is 1. The van der Waals surface area contributed by atoms with E-state index in [0.717, 1.165) is 5.82 Å². The molecule has 0 unspecified atom stereocenters. The summed E-state index contributed by atoms with van der Waals surface area (Å²) < 4.78 is 1.90. The Balaban J connectivity index is 0.000000810. The monoisotopic (exact) mass is 250 g/mol. The Kier molecular flexibility index (Phi) is 3.63. The zero-order valence-electron chi connectivity index (χ0n) is 6.13. The minimum atomic E-state index is 0. The minimum absolute atomic E-state index is 0. The van der Waals surface area contributed by atoms with Crippen molar-refractivity contribution in [2.75, 3.05) is 5.73 Å². The highest BCUT2D eigenvalue weighted by atomic mass is 127. The van der Waals surface area contributed by atoms with Crippen LogP contribution in [0, 0.1) is 6.92 Å². The summed E-state index contributed by atoms with van der Waals surface area (Å²) in [7, 11) is 1.93. The number of nitrogens with two attached hydrogens (primary N) is 1. The highest BCUT2D eigenvalue weighted by molar-refractivity contribution is 5.21. The molecule has 3 heteroatoms. The predicted molar refractivity (Wildman–Crippen MR) is 36.8 cm³/mol. The van der Waals surface area contributed by atoms with E-state index in [9.17, 15) is 0 Å². The average molecular weight is 250 g/mol. The number of hydrogen-bond donors (Lipinski definition) is 1. The number of pyridine rings is 1. The molecule has 0 aromatic carbocycles. The van der Waals surface area contributed by atoms with Gasteiger partial charge in [0.2, 0.25) is 0 Å². The van der Waals surface area contributed by atoms with Gasteiger partial charge in [-0.2, -0.15) is 0 Å². The third kappa shape index (κ3) is 2.13. The molecule has 2 N–H and O–H groups in total. The van der Waals surface area contributed by atoms with Gasteiger partial charge in [0.05, 0.1) is 13.2 Å². The molecule has 1 rings (SSSR count). The summed E-state index contributed by atoms with van der Waals surface area (Å²) in [5.41, 5.74) is 6.78. The quantitative estimate of drug-likeness (QED) is 0.397. The lowest BCUT2D eigenvalue weighted by atomic mass is 10.3. The summed E-state index contributed by atoms with van der Waals surface area (Å²) in [6, 6.07) is 3.89. The molecule has 1 aromatic rings. The molecular weight excluding hydrogens is 239 g/mol. The van der Waals surface area contributed by atoms with Crippen LogP contribution in [0.5, 0.6) is 0 Å². The van der Waals surface area contributed by atoms with E-state index in [1.165, 1.54) is 5.56 Å². The van der Waals surface area contributed by atoms with Gasteiger partial charge in [-0.05, 0) is 18.6 Å². The van der Waals surface area contributed by atoms with E-state index in [-0.39, 0.29) is 24.0 Å². The maximum absolute atomic E-state index is 5.55. The lowest BCUT2D eigenvalue weighted by molar-refractivity contribution is -0.657. The Morgan fingerprint density at radius 3 is 2.40 bits per heavy atom. The summed E-state index contributed by atoms with van der Waals surface area (Å²) in [6.45, 7) is 2.04. The molecule has 0 saturated heterocycles. The van der Waals surface area contributed by atoms with Crippen molar-refractivity contribution in [2.45, 2.75) is 6.92 Å². The average Bonchev–Trinajstić information content (AvgIpc) is 1.80. The Hall–Kier alpha value is -0.320. The lowest BCUT2D eigenvalue weighted by Gasteiger charge is -1.94. The van der Waals surface area contributed by atoms with Gasteiger partial charge in [0.1, 0.15) is 0 Å². The molecule has 0 aliphatic carbocycles. The molecule has 0 aliphatic heterocycles.